The van der Waals surface area contributed by atoms with E-state index in [-0.39, 0.29) is 0 Å². The molecule has 0 heterocycles. The van der Waals surface area contributed by atoms with Crippen LogP contribution in [-0.4, -0.2) is 13.1 Å². The fourth-order valence-corrected chi connectivity index (χ4v) is 3.24. The van der Waals surface area contributed by atoms with Crippen molar-refractivity contribution in [3.63, 3.8) is 0 Å². The Labute approximate surface area is 108 Å². The summed E-state index contributed by atoms with van der Waals surface area (Å²) in [6.07, 6.45) is 12.9. The Hall–Kier alpha value is -0.480. The average Bonchev–Trinajstić information content (AvgIpc) is 2.29. The van der Waals surface area contributed by atoms with Crippen LogP contribution in [0.3, 0.4) is 0 Å². The minimum atomic E-state index is 0.485. The second kappa shape index (κ2) is 6.45. The number of hydrogen-bond donors (Lipinski definition) is 1. The molecular formula is C16H29N. The van der Waals surface area contributed by atoms with E-state index in [4.69, 9.17) is 6.42 Å². The molecule has 1 aliphatic carbocycles. The zero-order valence-electron chi connectivity index (χ0n) is 12.1. The maximum Gasteiger partial charge on any atom is 0.0101 e. The minimum absolute atomic E-state index is 0.485. The number of rotatable bonds is 4. The van der Waals surface area contributed by atoms with Crippen molar-refractivity contribution in [3.8, 4) is 12.3 Å². The van der Waals surface area contributed by atoms with Crippen LogP contribution in [0.5, 0.6) is 0 Å². The van der Waals surface area contributed by atoms with E-state index in [0.717, 1.165) is 24.7 Å². The topological polar surface area (TPSA) is 12.0 Å². The third kappa shape index (κ3) is 4.36. The molecule has 0 aromatic carbocycles. The van der Waals surface area contributed by atoms with Crippen LogP contribution >= 0.6 is 0 Å². The largest absolute Gasteiger partial charge is 0.317 e. The van der Waals surface area contributed by atoms with Gasteiger partial charge in [0.1, 0.15) is 0 Å². The molecule has 1 rings (SSSR count). The van der Waals surface area contributed by atoms with E-state index in [1.54, 1.807) is 0 Å². The molecule has 1 atom stereocenters. The molecule has 1 fully saturated rings. The molecule has 0 spiro atoms. The first-order chi connectivity index (χ1) is 7.99. The minimum Gasteiger partial charge on any atom is -0.317 e. The van der Waals surface area contributed by atoms with Gasteiger partial charge in [0, 0.05) is 12.5 Å². The van der Waals surface area contributed by atoms with Crippen LogP contribution in [0.1, 0.15) is 59.3 Å². The molecule has 17 heavy (non-hydrogen) atoms. The molecule has 1 heteroatoms. The molecule has 0 saturated heterocycles. The van der Waals surface area contributed by atoms with Gasteiger partial charge in [-0.25, -0.2) is 0 Å². The Balaban J connectivity index is 2.42. The Morgan fingerprint density at radius 2 is 1.82 bits per heavy atom. The summed E-state index contributed by atoms with van der Waals surface area (Å²) in [5.41, 5.74) is 0.485. The molecule has 0 bridgehead atoms. The van der Waals surface area contributed by atoms with Crippen LogP contribution in [0.4, 0.5) is 0 Å². The average molecular weight is 235 g/mol. The number of nitrogens with one attached hydrogen (secondary N) is 1. The van der Waals surface area contributed by atoms with E-state index in [9.17, 15) is 0 Å². The maximum absolute atomic E-state index is 5.36. The lowest BCUT2D eigenvalue weighted by Crippen LogP contribution is -2.37. The third-order valence-electron chi connectivity index (χ3n) is 4.54. The summed E-state index contributed by atoms with van der Waals surface area (Å²) in [4.78, 5) is 0. The highest BCUT2D eigenvalue weighted by Gasteiger charge is 2.32. The zero-order valence-corrected chi connectivity index (χ0v) is 12.1. The van der Waals surface area contributed by atoms with Crippen molar-refractivity contribution in [1.82, 2.24) is 5.32 Å². The Kier molecular flexibility index (Phi) is 5.53. The molecule has 1 nitrogen and oxygen atoms in total. The van der Waals surface area contributed by atoms with Gasteiger partial charge in [-0.2, -0.15) is 0 Å². The highest BCUT2D eigenvalue weighted by atomic mass is 14.9. The maximum atomic E-state index is 5.36. The molecular weight excluding hydrogens is 206 g/mol. The zero-order chi connectivity index (χ0) is 12.9. The van der Waals surface area contributed by atoms with Crippen molar-refractivity contribution in [2.24, 2.45) is 17.3 Å². The standard InChI is InChI=1S/C16H29N/c1-6-7-8-15(17-5)13-9-11-14(12-10-13)16(2,3)4/h1,13-15,17H,7-12H2,2-5H3. The van der Waals surface area contributed by atoms with E-state index in [1.807, 2.05) is 0 Å². The summed E-state index contributed by atoms with van der Waals surface area (Å²) in [7, 11) is 2.08. The molecule has 0 aromatic heterocycles. The normalized spacial score (nSPS) is 27.5. The predicted octanol–water partition coefficient (Wildman–Crippen LogP) is 3.84. The SMILES string of the molecule is C#CCCC(NC)C1CCC(C(C)(C)C)CC1. The summed E-state index contributed by atoms with van der Waals surface area (Å²) in [5.74, 6) is 4.51. The highest BCUT2D eigenvalue weighted by Crippen LogP contribution is 2.41. The van der Waals surface area contributed by atoms with E-state index < -0.39 is 0 Å². The Bertz CT molecular complexity index is 248. The monoisotopic (exact) mass is 235 g/mol. The lowest BCUT2D eigenvalue weighted by molar-refractivity contribution is 0.132. The first-order valence-electron chi connectivity index (χ1n) is 7.09. The van der Waals surface area contributed by atoms with Gasteiger partial charge in [0.15, 0.2) is 0 Å². The molecule has 0 radical (unpaired) electrons. The van der Waals surface area contributed by atoms with Gasteiger partial charge in [0.2, 0.25) is 0 Å². The van der Waals surface area contributed by atoms with Crippen molar-refractivity contribution >= 4 is 0 Å². The third-order valence-corrected chi connectivity index (χ3v) is 4.54. The van der Waals surface area contributed by atoms with Crippen LogP contribution in [0.15, 0.2) is 0 Å². The van der Waals surface area contributed by atoms with Gasteiger partial charge in [-0.1, -0.05) is 20.8 Å². The molecule has 0 aliphatic heterocycles. The summed E-state index contributed by atoms with van der Waals surface area (Å²) < 4.78 is 0. The summed E-state index contributed by atoms with van der Waals surface area (Å²) in [5, 5.41) is 3.46. The van der Waals surface area contributed by atoms with E-state index in [1.165, 1.54) is 25.7 Å². The molecule has 1 unspecified atom stereocenters. The fraction of sp³-hybridized carbons (Fsp3) is 0.875. The van der Waals surface area contributed by atoms with Crippen molar-refractivity contribution in [1.29, 1.82) is 0 Å². The van der Waals surface area contributed by atoms with Crippen LogP contribution < -0.4 is 5.32 Å². The van der Waals surface area contributed by atoms with Gasteiger partial charge in [0.25, 0.3) is 0 Å². The van der Waals surface area contributed by atoms with Gasteiger partial charge in [0.05, 0.1) is 0 Å². The molecule has 0 aromatic rings. The smallest absolute Gasteiger partial charge is 0.0101 e. The molecule has 1 N–H and O–H groups in total. The first kappa shape index (κ1) is 14.6. The van der Waals surface area contributed by atoms with Crippen molar-refractivity contribution in [2.45, 2.75) is 65.3 Å². The lowest BCUT2D eigenvalue weighted by Gasteiger charge is -2.39. The van der Waals surface area contributed by atoms with Gasteiger partial charge in [-0.05, 0) is 56.4 Å². The molecule has 1 aliphatic rings. The fourth-order valence-electron chi connectivity index (χ4n) is 3.24. The van der Waals surface area contributed by atoms with Gasteiger partial charge in [-0.15, -0.1) is 12.3 Å². The second-order valence-corrected chi connectivity index (χ2v) is 6.62. The van der Waals surface area contributed by atoms with Crippen molar-refractivity contribution in [3.05, 3.63) is 0 Å². The Morgan fingerprint density at radius 1 is 1.24 bits per heavy atom. The van der Waals surface area contributed by atoms with Crippen molar-refractivity contribution < 1.29 is 0 Å². The molecule has 0 amide bonds. The van der Waals surface area contributed by atoms with Crippen LogP contribution in [0.25, 0.3) is 0 Å². The predicted molar refractivity (Wildman–Crippen MR) is 75.8 cm³/mol. The molecule has 98 valence electrons. The summed E-state index contributed by atoms with van der Waals surface area (Å²) in [6, 6.07) is 0.631. The van der Waals surface area contributed by atoms with Gasteiger partial charge < -0.3 is 5.32 Å². The van der Waals surface area contributed by atoms with Crippen LogP contribution in [0, 0.1) is 29.6 Å². The first-order valence-corrected chi connectivity index (χ1v) is 7.09. The van der Waals surface area contributed by atoms with Gasteiger partial charge >= 0.3 is 0 Å². The van der Waals surface area contributed by atoms with E-state index >= 15 is 0 Å². The van der Waals surface area contributed by atoms with E-state index in [0.29, 0.717) is 11.5 Å². The molecule has 1 saturated carbocycles. The van der Waals surface area contributed by atoms with Crippen LogP contribution in [0.2, 0.25) is 0 Å². The van der Waals surface area contributed by atoms with E-state index in [2.05, 4.69) is 39.1 Å². The number of hydrogen-bond acceptors (Lipinski definition) is 1. The number of terminal acetylenes is 1. The quantitative estimate of drug-likeness (QED) is 0.730. The Morgan fingerprint density at radius 3 is 2.24 bits per heavy atom. The summed E-state index contributed by atoms with van der Waals surface area (Å²) >= 11 is 0. The van der Waals surface area contributed by atoms with Gasteiger partial charge in [-0.3, -0.25) is 0 Å². The highest BCUT2D eigenvalue weighted by molar-refractivity contribution is 4.89. The second-order valence-electron chi connectivity index (χ2n) is 6.62. The summed E-state index contributed by atoms with van der Waals surface area (Å²) in [6.45, 7) is 7.14. The lowest BCUT2D eigenvalue weighted by atomic mass is 9.68. The van der Waals surface area contributed by atoms with Crippen LogP contribution in [-0.2, 0) is 0 Å². The van der Waals surface area contributed by atoms with Crippen molar-refractivity contribution in [2.75, 3.05) is 7.05 Å².